The largest absolute Gasteiger partial charge is 0.472 e. The van der Waals surface area contributed by atoms with Gasteiger partial charge in [0.15, 0.2) is 0 Å². The first-order chi connectivity index (χ1) is 23.4. The predicted octanol–water partition coefficient (Wildman–Crippen LogP) is 9.71. The summed E-state index contributed by atoms with van der Waals surface area (Å²) in [6.07, 6.45) is 43.9. The number of allylic oxidation sites excluding steroid dienone is 11. The summed E-state index contributed by atoms with van der Waals surface area (Å²) < 4.78 is 21.9. The van der Waals surface area contributed by atoms with E-state index in [1.165, 1.54) is 32.1 Å². The zero-order valence-corrected chi connectivity index (χ0v) is 31.1. The quantitative estimate of drug-likeness (QED) is 0.0306. The molecular formula is C39H69N2O6P. The maximum atomic E-state index is 12.7. The minimum absolute atomic E-state index is 0.0685. The molecule has 48 heavy (non-hydrogen) atoms. The number of rotatable bonds is 33. The normalized spacial score (nSPS) is 15.2. The molecule has 8 nitrogen and oxygen atoms in total. The van der Waals surface area contributed by atoms with E-state index in [-0.39, 0.29) is 25.7 Å². The highest BCUT2D eigenvalue weighted by Crippen LogP contribution is 2.43. The van der Waals surface area contributed by atoms with Gasteiger partial charge in [0.1, 0.15) is 0 Å². The molecule has 0 rings (SSSR count). The first-order valence-corrected chi connectivity index (χ1v) is 20.1. The van der Waals surface area contributed by atoms with Crippen LogP contribution in [0.25, 0.3) is 0 Å². The number of aliphatic hydroxyl groups excluding tert-OH is 1. The second kappa shape index (κ2) is 34.8. The Labute approximate surface area is 293 Å². The lowest BCUT2D eigenvalue weighted by Gasteiger charge is -2.23. The van der Waals surface area contributed by atoms with Gasteiger partial charge >= 0.3 is 7.82 Å². The average molecular weight is 693 g/mol. The van der Waals surface area contributed by atoms with Crippen LogP contribution in [-0.2, 0) is 18.4 Å². The molecule has 0 saturated heterocycles. The Balaban J connectivity index is 4.20. The molecule has 0 aliphatic carbocycles. The van der Waals surface area contributed by atoms with Gasteiger partial charge < -0.3 is 21.1 Å². The number of nitrogens with two attached hydrogens (primary N) is 1. The lowest BCUT2D eigenvalue weighted by atomic mass is 10.1. The number of hydrogen-bond acceptors (Lipinski definition) is 6. The Bertz CT molecular complexity index is 976. The SMILES string of the molecule is CC/C=C\C/C=C\C/C=C\C/C=C\CCCCCCCCCCC(=O)NC(COP(=O)(O)OCCN)C(O)/C=C/CC/C=C/CCCC. The Morgan fingerprint density at radius 2 is 1.23 bits per heavy atom. The van der Waals surface area contributed by atoms with Crippen LogP contribution in [0.15, 0.2) is 72.9 Å². The van der Waals surface area contributed by atoms with Crippen molar-refractivity contribution >= 4 is 13.7 Å². The minimum atomic E-state index is -4.34. The molecule has 0 aromatic carbocycles. The lowest BCUT2D eigenvalue weighted by Crippen LogP contribution is -2.45. The Morgan fingerprint density at radius 1 is 0.708 bits per heavy atom. The monoisotopic (exact) mass is 692 g/mol. The molecule has 0 aromatic heterocycles. The van der Waals surface area contributed by atoms with Crippen molar-refractivity contribution in [1.29, 1.82) is 0 Å². The molecule has 0 bridgehead atoms. The zero-order valence-electron chi connectivity index (χ0n) is 30.2. The van der Waals surface area contributed by atoms with Crippen molar-refractivity contribution in [3.63, 3.8) is 0 Å². The molecule has 3 atom stereocenters. The van der Waals surface area contributed by atoms with Gasteiger partial charge in [0, 0.05) is 13.0 Å². The molecule has 5 N–H and O–H groups in total. The Hall–Kier alpha value is -2.06. The van der Waals surface area contributed by atoms with Gasteiger partial charge in [-0.2, -0.15) is 0 Å². The van der Waals surface area contributed by atoms with Crippen molar-refractivity contribution in [3.05, 3.63) is 72.9 Å². The molecule has 1 amide bonds. The molecular weight excluding hydrogens is 623 g/mol. The third kappa shape index (κ3) is 32.5. The van der Waals surface area contributed by atoms with Crippen LogP contribution in [0, 0.1) is 0 Å². The lowest BCUT2D eigenvalue weighted by molar-refractivity contribution is -0.123. The van der Waals surface area contributed by atoms with E-state index in [0.29, 0.717) is 6.42 Å². The highest BCUT2D eigenvalue weighted by atomic mass is 31.2. The van der Waals surface area contributed by atoms with Crippen molar-refractivity contribution in [3.8, 4) is 0 Å². The van der Waals surface area contributed by atoms with E-state index >= 15 is 0 Å². The molecule has 0 saturated carbocycles. The maximum Gasteiger partial charge on any atom is 0.472 e. The van der Waals surface area contributed by atoms with Gasteiger partial charge in [-0.15, -0.1) is 0 Å². The Kier molecular flexibility index (Phi) is 33.3. The van der Waals surface area contributed by atoms with Gasteiger partial charge in [0.2, 0.25) is 5.91 Å². The standard InChI is InChI=1S/C39H69N2O6P/c1-3-5-7-9-11-13-14-15-16-17-18-19-20-21-22-23-24-25-27-29-31-33-39(43)41-37(36-47-48(44,45)46-35-34-40)38(42)32-30-28-26-12-10-8-6-4-2/h5,7,10-13,15-16,18-19,30,32,37-38,42H,3-4,6,8-9,14,17,20-29,31,33-36,40H2,1-2H3,(H,41,43)(H,44,45)/b7-5-,12-10+,13-11-,16-15-,19-18-,32-30+. The highest BCUT2D eigenvalue weighted by molar-refractivity contribution is 7.47. The molecule has 3 unspecified atom stereocenters. The summed E-state index contributed by atoms with van der Waals surface area (Å²) >= 11 is 0. The predicted molar refractivity (Wildman–Crippen MR) is 203 cm³/mol. The fourth-order valence-corrected chi connectivity index (χ4v) is 5.47. The number of unbranched alkanes of at least 4 members (excludes halogenated alkanes) is 11. The van der Waals surface area contributed by atoms with E-state index in [9.17, 15) is 19.4 Å². The van der Waals surface area contributed by atoms with Crippen LogP contribution in [0.2, 0.25) is 0 Å². The second-order valence-electron chi connectivity index (χ2n) is 12.0. The van der Waals surface area contributed by atoms with Crippen LogP contribution < -0.4 is 11.1 Å². The zero-order chi connectivity index (χ0) is 35.4. The summed E-state index contributed by atoms with van der Waals surface area (Å²) in [5.41, 5.74) is 5.34. The number of nitrogens with one attached hydrogen (secondary N) is 1. The van der Waals surface area contributed by atoms with Crippen molar-refractivity contribution in [2.24, 2.45) is 5.73 Å². The van der Waals surface area contributed by atoms with Crippen LogP contribution in [-0.4, -0.2) is 47.8 Å². The van der Waals surface area contributed by atoms with Gasteiger partial charge in [-0.05, 0) is 64.2 Å². The van der Waals surface area contributed by atoms with E-state index < -0.39 is 20.0 Å². The van der Waals surface area contributed by atoms with Crippen LogP contribution >= 0.6 is 7.82 Å². The molecule has 276 valence electrons. The van der Waals surface area contributed by atoms with E-state index in [1.54, 1.807) is 6.08 Å². The van der Waals surface area contributed by atoms with Crippen LogP contribution in [0.1, 0.15) is 136 Å². The number of amides is 1. The summed E-state index contributed by atoms with van der Waals surface area (Å²) in [4.78, 5) is 22.5. The van der Waals surface area contributed by atoms with Crippen molar-refractivity contribution < 1.29 is 28.4 Å². The van der Waals surface area contributed by atoms with E-state index in [1.807, 2.05) is 6.08 Å². The first-order valence-electron chi connectivity index (χ1n) is 18.6. The maximum absolute atomic E-state index is 12.7. The van der Waals surface area contributed by atoms with Gasteiger partial charge in [0.05, 0.1) is 25.4 Å². The number of hydrogen-bond donors (Lipinski definition) is 4. The molecule has 0 radical (unpaired) electrons. The molecule has 0 aliphatic heterocycles. The average Bonchev–Trinajstić information content (AvgIpc) is 3.07. The number of carbonyl (C=O) groups excluding carboxylic acids is 1. The number of phosphoric ester groups is 1. The number of aliphatic hydroxyl groups is 1. The molecule has 0 spiro atoms. The third-order valence-electron chi connectivity index (χ3n) is 7.52. The minimum Gasteiger partial charge on any atom is -0.387 e. The summed E-state index contributed by atoms with van der Waals surface area (Å²) in [6.45, 7) is 3.88. The number of phosphoric acid groups is 1. The Morgan fingerprint density at radius 3 is 1.85 bits per heavy atom. The fraction of sp³-hybridized carbons (Fsp3) is 0.667. The van der Waals surface area contributed by atoms with Gasteiger partial charge in [-0.1, -0.05) is 138 Å². The number of carbonyl (C=O) groups is 1. The van der Waals surface area contributed by atoms with E-state index in [0.717, 1.165) is 83.5 Å². The van der Waals surface area contributed by atoms with Crippen molar-refractivity contribution in [2.45, 2.75) is 148 Å². The smallest absolute Gasteiger partial charge is 0.387 e. The fourth-order valence-electron chi connectivity index (χ4n) is 4.71. The van der Waals surface area contributed by atoms with E-state index in [4.69, 9.17) is 14.8 Å². The summed E-state index contributed by atoms with van der Waals surface area (Å²) in [5, 5.41) is 13.5. The van der Waals surface area contributed by atoms with Gasteiger partial charge in [-0.25, -0.2) is 4.57 Å². The third-order valence-corrected chi connectivity index (χ3v) is 8.50. The van der Waals surface area contributed by atoms with Crippen molar-refractivity contribution in [1.82, 2.24) is 5.32 Å². The van der Waals surface area contributed by atoms with Crippen LogP contribution in [0.4, 0.5) is 0 Å². The molecule has 0 fully saturated rings. The first kappa shape index (κ1) is 45.9. The van der Waals surface area contributed by atoms with Crippen molar-refractivity contribution in [2.75, 3.05) is 19.8 Å². The highest BCUT2D eigenvalue weighted by Gasteiger charge is 2.26. The molecule has 0 aromatic rings. The van der Waals surface area contributed by atoms with Gasteiger partial charge in [0.25, 0.3) is 0 Å². The van der Waals surface area contributed by atoms with Gasteiger partial charge in [-0.3, -0.25) is 13.8 Å². The second-order valence-corrected chi connectivity index (χ2v) is 13.5. The van der Waals surface area contributed by atoms with E-state index in [2.05, 4.69) is 79.9 Å². The molecule has 0 aliphatic rings. The molecule has 9 heteroatoms. The summed E-state index contributed by atoms with van der Waals surface area (Å²) in [7, 11) is -4.34. The summed E-state index contributed by atoms with van der Waals surface area (Å²) in [5.74, 6) is -0.221. The molecule has 0 heterocycles. The topological polar surface area (TPSA) is 131 Å². The summed E-state index contributed by atoms with van der Waals surface area (Å²) in [6, 6.07) is -0.882. The van der Waals surface area contributed by atoms with Crippen LogP contribution in [0.5, 0.6) is 0 Å². The van der Waals surface area contributed by atoms with Crippen LogP contribution in [0.3, 0.4) is 0 Å².